The van der Waals surface area contributed by atoms with Crippen LogP contribution in [0.15, 0.2) is 24.3 Å². The molecule has 1 saturated carbocycles. The van der Waals surface area contributed by atoms with E-state index in [0.29, 0.717) is 0 Å². The first kappa shape index (κ1) is 11.7. The number of hydrogen-bond donors (Lipinski definition) is 1. The highest BCUT2D eigenvalue weighted by Gasteiger charge is 2.46. The summed E-state index contributed by atoms with van der Waals surface area (Å²) < 4.78 is 0. The number of carbonyl (C=O) groups is 1. The number of amides is 1. The van der Waals surface area contributed by atoms with E-state index in [2.05, 4.69) is 6.07 Å². The molecule has 18 heavy (non-hydrogen) atoms. The summed E-state index contributed by atoms with van der Waals surface area (Å²) in [6.07, 6.45) is 4.79. The van der Waals surface area contributed by atoms with Crippen molar-refractivity contribution >= 4 is 11.6 Å². The molecule has 3 rings (SSSR count). The van der Waals surface area contributed by atoms with Gasteiger partial charge in [-0.05, 0) is 37.3 Å². The van der Waals surface area contributed by atoms with Crippen LogP contribution >= 0.6 is 0 Å². The highest BCUT2D eigenvalue weighted by Crippen LogP contribution is 2.43. The number of nitrogens with zero attached hydrogens (tertiary/aromatic N) is 1. The number of aryl methyl sites for hydroxylation is 1. The van der Waals surface area contributed by atoms with Crippen molar-refractivity contribution in [2.45, 2.75) is 32.1 Å². The maximum Gasteiger partial charge on any atom is 0.235 e. The largest absolute Gasteiger partial charge is 0.395 e. The zero-order valence-electron chi connectivity index (χ0n) is 10.6. The fourth-order valence-electron chi connectivity index (χ4n) is 3.07. The van der Waals surface area contributed by atoms with E-state index in [1.54, 1.807) is 0 Å². The van der Waals surface area contributed by atoms with Crippen LogP contribution in [0.4, 0.5) is 5.69 Å². The Balaban J connectivity index is 1.92. The Labute approximate surface area is 107 Å². The average molecular weight is 245 g/mol. The summed E-state index contributed by atoms with van der Waals surface area (Å²) in [5.41, 5.74) is 1.82. The van der Waals surface area contributed by atoms with Gasteiger partial charge in [0.2, 0.25) is 5.91 Å². The monoisotopic (exact) mass is 245 g/mol. The first-order valence-electron chi connectivity index (χ1n) is 6.78. The van der Waals surface area contributed by atoms with Gasteiger partial charge >= 0.3 is 0 Å². The van der Waals surface area contributed by atoms with Crippen molar-refractivity contribution < 1.29 is 9.90 Å². The molecule has 2 aliphatic rings. The molecule has 1 N–H and O–H groups in total. The minimum absolute atomic E-state index is 0.00942. The Morgan fingerprint density at radius 2 is 2.06 bits per heavy atom. The molecule has 0 bridgehead atoms. The number of aliphatic hydroxyl groups is 1. The molecule has 0 unspecified atom stereocenters. The molecule has 1 amide bonds. The number of carbonyl (C=O) groups excluding carboxylic acids is 1. The first-order valence-corrected chi connectivity index (χ1v) is 6.78. The molecule has 0 atom stereocenters. The van der Waals surface area contributed by atoms with E-state index in [1.165, 1.54) is 5.56 Å². The smallest absolute Gasteiger partial charge is 0.235 e. The zero-order valence-corrected chi connectivity index (χ0v) is 10.6. The van der Waals surface area contributed by atoms with Crippen LogP contribution in [0, 0.1) is 5.41 Å². The lowest BCUT2D eigenvalue weighted by atomic mass is 9.68. The van der Waals surface area contributed by atoms with Crippen LogP contribution in [-0.4, -0.2) is 24.2 Å². The lowest BCUT2D eigenvalue weighted by Gasteiger charge is -2.43. The third-order valence-corrected chi connectivity index (χ3v) is 4.42. The van der Waals surface area contributed by atoms with Crippen LogP contribution < -0.4 is 4.90 Å². The molecule has 96 valence electrons. The summed E-state index contributed by atoms with van der Waals surface area (Å²) in [6, 6.07) is 8.13. The topological polar surface area (TPSA) is 40.5 Å². The van der Waals surface area contributed by atoms with E-state index in [-0.39, 0.29) is 12.5 Å². The van der Waals surface area contributed by atoms with Crippen molar-refractivity contribution in [3.63, 3.8) is 0 Å². The van der Waals surface area contributed by atoms with Gasteiger partial charge in [0.25, 0.3) is 0 Å². The normalized spacial score (nSPS) is 21.1. The van der Waals surface area contributed by atoms with Crippen LogP contribution in [0.2, 0.25) is 0 Å². The summed E-state index contributed by atoms with van der Waals surface area (Å²) in [6.45, 7) is 0.780. The van der Waals surface area contributed by atoms with Crippen LogP contribution in [0.25, 0.3) is 0 Å². The second-order valence-electron chi connectivity index (χ2n) is 5.48. The van der Waals surface area contributed by atoms with Gasteiger partial charge in [-0.15, -0.1) is 0 Å². The second kappa shape index (κ2) is 4.39. The summed E-state index contributed by atoms with van der Waals surface area (Å²) in [4.78, 5) is 14.6. The van der Waals surface area contributed by atoms with Gasteiger partial charge in [-0.1, -0.05) is 24.6 Å². The van der Waals surface area contributed by atoms with Crippen molar-refractivity contribution in [1.82, 2.24) is 0 Å². The van der Waals surface area contributed by atoms with Crippen molar-refractivity contribution in [3.8, 4) is 0 Å². The molecule has 1 aromatic carbocycles. The van der Waals surface area contributed by atoms with E-state index in [0.717, 1.165) is 44.3 Å². The van der Waals surface area contributed by atoms with Gasteiger partial charge < -0.3 is 10.0 Å². The molecule has 1 heterocycles. The molecule has 1 aromatic rings. The maximum absolute atomic E-state index is 12.7. The van der Waals surface area contributed by atoms with E-state index >= 15 is 0 Å². The van der Waals surface area contributed by atoms with E-state index in [1.807, 2.05) is 23.1 Å². The van der Waals surface area contributed by atoms with Gasteiger partial charge in [-0.3, -0.25) is 4.79 Å². The number of aliphatic hydroxyl groups excluding tert-OH is 1. The lowest BCUT2D eigenvalue weighted by molar-refractivity contribution is -0.136. The summed E-state index contributed by atoms with van der Waals surface area (Å²) in [5.74, 6) is 0.128. The minimum atomic E-state index is -0.482. The number of hydrogen-bond acceptors (Lipinski definition) is 2. The Hall–Kier alpha value is -1.35. The van der Waals surface area contributed by atoms with Crippen molar-refractivity contribution in [2.75, 3.05) is 18.1 Å². The standard InChI is InChI=1S/C15H19NO2/c17-11-15(8-4-9-15)14(18)16-10-3-6-12-5-1-2-7-13(12)16/h1-2,5,7,17H,3-4,6,8-11H2. The van der Waals surface area contributed by atoms with E-state index in [9.17, 15) is 9.90 Å². The van der Waals surface area contributed by atoms with Crippen LogP contribution in [0.1, 0.15) is 31.2 Å². The van der Waals surface area contributed by atoms with Crippen LogP contribution in [0.5, 0.6) is 0 Å². The van der Waals surface area contributed by atoms with Crippen molar-refractivity contribution in [3.05, 3.63) is 29.8 Å². The third-order valence-electron chi connectivity index (χ3n) is 4.42. The van der Waals surface area contributed by atoms with Crippen LogP contribution in [-0.2, 0) is 11.2 Å². The van der Waals surface area contributed by atoms with Gasteiger partial charge in [0.1, 0.15) is 0 Å². The first-order chi connectivity index (χ1) is 8.77. The van der Waals surface area contributed by atoms with E-state index < -0.39 is 5.41 Å². The number of anilines is 1. The molecular weight excluding hydrogens is 226 g/mol. The SMILES string of the molecule is O=C(N1CCCc2ccccc21)C1(CO)CCC1. The fraction of sp³-hybridized carbons (Fsp3) is 0.533. The predicted octanol–water partition coefficient (Wildman–Crippen LogP) is 2.13. The van der Waals surface area contributed by atoms with Gasteiger partial charge in [0, 0.05) is 12.2 Å². The molecular formula is C15H19NO2. The Kier molecular flexibility index (Phi) is 2.86. The quantitative estimate of drug-likeness (QED) is 0.867. The molecule has 1 aliphatic heterocycles. The summed E-state index contributed by atoms with van der Waals surface area (Å²) >= 11 is 0. The summed E-state index contributed by atoms with van der Waals surface area (Å²) in [7, 11) is 0. The zero-order chi connectivity index (χ0) is 12.6. The number of para-hydroxylation sites is 1. The van der Waals surface area contributed by atoms with Crippen molar-refractivity contribution in [2.24, 2.45) is 5.41 Å². The third kappa shape index (κ3) is 1.65. The predicted molar refractivity (Wildman–Crippen MR) is 70.5 cm³/mol. The fourth-order valence-corrected chi connectivity index (χ4v) is 3.07. The maximum atomic E-state index is 12.7. The Morgan fingerprint density at radius 3 is 2.72 bits per heavy atom. The van der Waals surface area contributed by atoms with Crippen molar-refractivity contribution in [1.29, 1.82) is 0 Å². The van der Waals surface area contributed by atoms with Crippen LogP contribution in [0.3, 0.4) is 0 Å². The Bertz CT molecular complexity index is 460. The van der Waals surface area contributed by atoms with Gasteiger partial charge in [-0.2, -0.15) is 0 Å². The molecule has 1 fully saturated rings. The highest BCUT2D eigenvalue weighted by molar-refractivity contribution is 5.99. The molecule has 0 spiro atoms. The molecule has 0 radical (unpaired) electrons. The number of fused-ring (bicyclic) bond motifs is 1. The summed E-state index contributed by atoms with van der Waals surface area (Å²) in [5, 5.41) is 9.54. The van der Waals surface area contributed by atoms with E-state index in [4.69, 9.17) is 0 Å². The lowest BCUT2D eigenvalue weighted by Crippen LogP contribution is -2.51. The number of benzene rings is 1. The highest BCUT2D eigenvalue weighted by atomic mass is 16.3. The Morgan fingerprint density at radius 1 is 1.28 bits per heavy atom. The molecule has 3 heteroatoms. The number of rotatable bonds is 2. The average Bonchev–Trinajstić information content (AvgIpc) is 2.37. The van der Waals surface area contributed by atoms with Gasteiger partial charge in [0.05, 0.1) is 12.0 Å². The van der Waals surface area contributed by atoms with Gasteiger partial charge in [-0.25, -0.2) is 0 Å². The molecule has 0 saturated heterocycles. The second-order valence-corrected chi connectivity index (χ2v) is 5.48. The molecule has 0 aromatic heterocycles. The molecule has 3 nitrogen and oxygen atoms in total. The minimum Gasteiger partial charge on any atom is -0.395 e. The van der Waals surface area contributed by atoms with Gasteiger partial charge in [0.15, 0.2) is 0 Å². The molecule has 1 aliphatic carbocycles.